The normalized spacial score (nSPS) is 14.6. The lowest BCUT2D eigenvalue weighted by molar-refractivity contribution is -0.145. The number of aliphatic hydroxyl groups excluding tert-OH is 1. The Labute approximate surface area is 107 Å². The molecule has 0 saturated carbocycles. The van der Waals surface area contributed by atoms with Crippen molar-refractivity contribution < 1.29 is 14.6 Å². The quantitative estimate of drug-likeness (QED) is 0.728. The molecule has 1 aromatic rings. The van der Waals surface area contributed by atoms with Gasteiger partial charge in [-0.2, -0.15) is 5.10 Å². The van der Waals surface area contributed by atoms with Crippen molar-refractivity contribution in [2.45, 2.75) is 32.4 Å². The van der Waals surface area contributed by atoms with Crippen molar-refractivity contribution in [2.24, 2.45) is 11.7 Å². The van der Waals surface area contributed by atoms with E-state index < -0.39 is 12.1 Å². The van der Waals surface area contributed by atoms with Gasteiger partial charge in [-0.3, -0.25) is 4.68 Å². The van der Waals surface area contributed by atoms with Gasteiger partial charge in [0.1, 0.15) is 6.04 Å². The summed E-state index contributed by atoms with van der Waals surface area (Å²) in [6.45, 7) is 3.88. The zero-order valence-corrected chi connectivity index (χ0v) is 11.0. The number of carbonyl (C=O) groups excluding carboxylic acids is 1. The van der Waals surface area contributed by atoms with E-state index in [4.69, 9.17) is 15.6 Å². The summed E-state index contributed by atoms with van der Waals surface area (Å²) in [6.07, 6.45) is 2.33. The van der Waals surface area contributed by atoms with E-state index >= 15 is 0 Å². The first-order chi connectivity index (χ1) is 8.49. The van der Waals surface area contributed by atoms with Crippen LogP contribution >= 0.6 is 0 Å². The van der Waals surface area contributed by atoms with E-state index in [-0.39, 0.29) is 12.6 Å². The molecule has 3 N–H and O–H groups in total. The van der Waals surface area contributed by atoms with Crippen molar-refractivity contribution in [3.8, 4) is 0 Å². The van der Waals surface area contributed by atoms with Crippen molar-refractivity contribution in [3.05, 3.63) is 18.0 Å². The molecule has 0 aliphatic carbocycles. The molecule has 0 aromatic carbocycles. The zero-order valence-electron chi connectivity index (χ0n) is 11.0. The molecule has 6 heteroatoms. The molecule has 1 rings (SSSR count). The first-order valence-corrected chi connectivity index (χ1v) is 5.98. The molecule has 18 heavy (non-hydrogen) atoms. The molecule has 1 aromatic heterocycles. The summed E-state index contributed by atoms with van der Waals surface area (Å²) < 4.78 is 6.34. The van der Waals surface area contributed by atoms with Gasteiger partial charge in [-0.05, 0) is 18.4 Å². The molecule has 1 heterocycles. The minimum absolute atomic E-state index is 0.177. The molecule has 0 saturated heterocycles. The highest BCUT2D eigenvalue weighted by Gasteiger charge is 2.24. The maximum Gasteiger partial charge on any atom is 0.330 e. The van der Waals surface area contributed by atoms with E-state index in [1.807, 2.05) is 13.8 Å². The number of nitrogens with two attached hydrogens (primary N) is 1. The molecule has 0 bridgehead atoms. The summed E-state index contributed by atoms with van der Waals surface area (Å²) >= 11 is 0. The molecule has 0 radical (unpaired) electrons. The van der Waals surface area contributed by atoms with E-state index in [0.29, 0.717) is 18.0 Å². The molecule has 0 aliphatic heterocycles. The molecule has 0 aliphatic rings. The Kier molecular flexibility index (Phi) is 5.30. The number of nitrogens with zero attached hydrogens (tertiary/aromatic N) is 2. The fraction of sp³-hybridized carbons (Fsp3) is 0.667. The Morgan fingerprint density at radius 3 is 2.78 bits per heavy atom. The van der Waals surface area contributed by atoms with Gasteiger partial charge in [-0.15, -0.1) is 0 Å². The van der Waals surface area contributed by atoms with Gasteiger partial charge < -0.3 is 15.6 Å². The fourth-order valence-electron chi connectivity index (χ4n) is 1.71. The Hall–Kier alpha value is -1.40. The Bertz CT molecular complexity index is 390. The number of hydrogen-bond donors (Lipinski definition) is 2. The highest BCUT2D eigenvalue weighted by molar-refractivity contribution is 5.73. The van der Waals surface area contributed by atoms with E-state index in [1.165, 1.54) is 7.11 Å². The molecule has 0 unspecified atom stereocenters. The van der Waals surface area contributed by atoms with Crippen LogP contribution in [0.15, 0.2) is 12.3 Å². The molecular weight excluding hydrogens is 234 g/mol. The smallest absolute Gasteiger partial charge is 0.330 e. The van der Waals surface area contributed by atoms with Crippen LogP contribution in [0.5, 0.6) is 0 Å². The number of carbonyl (C=O) groups is 1. The second kappa shape index (κ2) is 6.51. The summed E-state index contributed by atoms with van der Waals surface area (Å²) in [5, 5.41) is 13.2. The van der Waals surface area contributed by atoms with Crippen LogP contribution in [0.25, 0.3) is 0 Å². The highest BCUT2D eigenvalue weighted by atomic mass is 16.5. The van der Waals surface area contributed by atoms with Crippen molar-refractivity contribution in [2.75, 3.05) is 13.7 Å². The van der Waals surface area contributed by atoms with Crippen molar-refractivity contribution in [3.63, 3.8) is 0 Å². The van der Waals surface area contributed by atoms with E-state index in [2.05, 4.69) is 5.10 Å². The zero-order chi connectivity index (χ0) is 13.7. The minimum Gasteiger partial charge on any atom is -0.467 e. The Morgan fingerprint density at radius 1 is 1.61 bits per heavy atom. The molecule has 0 fully saturated rings. The third kappa shape index (κ3) is 3.54. The largest absolute Gasteiger partial charge is 0.467 e. The van der Waals surface area contributed by atoms with Crippen LogP contribution in [0, 0.1) is 5.92 Å². The van der Waals surface area contributed by atoms with Crippen LogP contribution in [0.3, 0.4) is 0 Å². The van der Waals surface area contributed by atoms with Crippen LogP contribution in [-0.4, -0.2) is 34.6 Å². The SMILES string of the molecule is COC(=O)[C@H](CC(C)C)n1ccc([C@@H](N)CO)n1. The van der Waals surface area contributed by atoms with Gasteiger partial charge in [0, 0.05) is 6.20 Å². The minimum atomic E-state index is -0.524. The summed E-state index contributed by atoms with van der Waals surface area (Å²) in [5.41, 5.74) is 6.24. The average molecular weight is 255 g/mol. The summed E-state index contributed by atoms with van der Waals surface area (Å²) in [5.74, 6) is 0.0178. The summed E-state index contributed by atoms with van der Waals surface area (Å²) in [6, 6.07) is 0.732. The molecular formula is C12H21N3O3. The number of methoxy groups -OCH3 is 1. The monoisotopic (exact) mass is 255 g/mol. The van der Waals surface area contributed by atoms with Crippen molar-refractivity contribution in [1.29, 1.82) is 0 Å². The third-order valence-corrected chi connectivity index (χ3v) is 2.69. The first-order valence-electron chi connectivity index (χ1n) is 5.98. The average Bonchev–Trinajstić information content (AvgIpc) is 2.83. The Morgan fingerprint density at radius 2 is 2.28 bits per heavy atom. The fourth-order valence-corrected chi connectivity index (χ4v) is 1.71. The van der Waals surface area contributed by atoms with Crippen LogP contribution in [-0.2, 0) is 9.53 Å². The van der Waals surface area contributed by atoms with Gasteiger partial charge in [0.15, 0.2) is 0 Å². The number of aliphatic hydroxyl groups is 1. The van der Waals surface area contributed by atoms with Crippen molar-refractivity contribution >= 4 is 5.97 Å². The predicted molar refractivity (Wildman–Crippen MR) is 66.7 cm³/mol. The molecule has 102 valence electrons. The number of rotatable bonds is 6. The number of hydrogen-bond acceptors (Lipinski definition) is 5. The Balaban J connectivity index is 2.91. The summed E-state index contributed by atoms with van der Waals surface area (Å²) in [7, 11) is 1.36. The lowest BCUT2D eigenvalue weighted by atomic mass is 10.0. The second-order valence-electron chi connectivity index (χ2n) is 4.68. The molecule has 0 spiro atoms. The topological polar surface area (TPSA) is 90.4 Å². The number of aromatic nitrogens is 2. The maximum atomic E-state index is 11.7. The van der Waals surface area contributed by atoms with Crippen LogP contribution in [0.1, 0.15) is 38.0 Å². The van der Waals surface area contributed by atoms with Crippen LogP contribution in [0.2, 0.25) is 0 Å². The van der Waals surface area contributed by atoms with E-state index in [9.17, 15) is 4.79 Å². The standard InChI is InChI=1S/C12H21N3O3/c1-8(2)6-11(12(17)18-3)15-5-4-10(14-15)9(13)7-16/h4-5,8-9,11,16H,6-7,13H2,1-3H3/t9-,11-/m0/s1. The van der Waals surface area contributed by atoms with Gasteiger partial charge in [0.2, 0.25) is 0 Å². The lowest BCUT2D eigenvalue weighted by Crippen LogP contribution is -2.24. The first kappa shape index (κ1) is 14.7. The highest BCUT2D eigenvalue weighted by Crippen LogP contribution is 2.19. The maximum absolute atomic E-state index is 11.7. The van der Waals surface area contributed by atoms with Gasteiger partial charge >= 0.3 is 5.97 Å². The second-order valence-corrected chi connectivity index (χ2v) is 4.68. The van der Waals surface area contributed by atoms with Gasteiger partial charge in [0.25, 0.3) is 0 Å². The van der Waals surface area contributed by atoms with Crippen LogP contribution in [0.4, 0.5) is 0 Å². The third-order valence-electron chi connectivity index (χ3n) is 2.69. The van der Waals surface area contributed by atoms with Crippen LogP contribution < -0.4 is 5.73 Å². The lowest BCUT2D eigenvalue weighted by Gasteiger charge is -2.17. The summed E-state index contributed by atoms with van der Waals surface area (Å²) in [4.78, 5) is 11.7. The van der Waals surface area contributed by atoms with E-state index in [0.717, 1.165) is 0 Å². The number of esters is 1. The molecule has 0 amide bonds. The van der Waals surface area contributed by atoms with E-state index in [1.54, 1.807) is 16.9 Å². The van der Waals surface area contributed by atoms with Gasteiger partial charge in [-0.25, -0.2) is 4.79 Å². The van der Waals surface area contributed by atoms with Gasteiger partial charge in [-0.1, -0.05) is 13.8 Å². The van der Waals surface area contributed by atoms with Crippen molar-refractivity contribution in [1.82, 2.24) is 9.78 Å². The van der Waals surface area contributed by atoms with Gasteiger partial charge in [0.05, 0.1) is 25.5 Å². The predicted octanol–water partition coefficient (Wildman–Crippen LogP) is 0.635. The number of ether oxygens (including phenoxy) is 1. The molecule has 6 nitrogen and oxygen atoms in total. The molecule has 2 atom stereocenters.